The van der Waals surface area contributed by atoms with Gasteiger partial charge in [0, 0.05) is 33.3 Å². The highest BCUT2D eigenvalue weighted by molar-refractivity contribution is 9.10. The Balaban J connectivity index is 1.63. The van der Waals surface area contributed by atoms with Gasteiger partial charge >= 0.3 is 0 Å². The van der Waals surface area contributed by atoms with Crippen molar-refractivity contribution in [1.29, 1.82) is 0 Å². The van der Waals surface area contributed by atoms with Crippen LogP contribution in [0.4, 0.5) is 8.78 Å². The van der Waals surface area contributed by atoms with Gasteiger partial charge in [-0.15, -0.1) is 0 Å². The Morgan fingerprint density at radius 1 is 0.800 bits per heavy atom. The third-order valence-electron chi connectivity index (χ3n) is 3.30. The van der Waals surface area contributed by atoms with Gasteiger partial charge in [0.15, 0.2) is 0 Å². The summed E-state index contributed by atoms with van der Waals surface area (Å²) in [6, 6.07) is 15.3. The van der Waals surface area contributed by atoms with E-state index in [1.54, 1.807) is 30.3 Å². The molecule has 2 nitrogen and oxygen atoms in total. The van der Waals surface area contributed by atoms with E-state index in [0.29, 0.717) is 23.1 Å². The van der Waals surface area contributed by atoms with Crippen molar-refractivity contribution in [3.63, 3.8) is 0 Å². The van der Waals surface area contributed by atoms with Crippen LogP contribution in [0.5, 0.6) is 17.2 Å². The molecular formula is C19H12BrClF2O2. The fourth-order valence-corrected chi connectivity index (χ4v) is 2.86. The van der Waals surface area contributed by atoms with Gasteiger partial charge in [0.2, 0.25) is 0 Å². The summed E-state index contributed by atoms with van der Waals surface area (Å²) in [6.45, 7) is 0.321. The van der Waals surface area contributed by atoms with E-state index in [4.69, 9.17) is 21.1 Å². The molecule has 0 aliphatic carbocycles. The Bertz CT molecular complexity index is 865. The van der Waals surface area contributed by atoms with Gasteiger partial charge in [-0.05, 0) is 36.4 Å². The molecule has 6 heteroatoms. The minimum atomic E-state index is -0.693. The molecule has 0 radical (unpaired) electrons. The number of ether oxygens (including phenoxy) is 2. The van der Waals surface area contributed by atoms with Crippen molar-refractivity contribution >= 4 is 27.5 Å². The largest absolute Gasteiger partial charge is 0.489 e. The molecule has 0 fully saturated rings. The molecule has 3 aromatic carbocycles. The molecule has 0 spiro atoms. The fourth-order valence-electron chi connectivity index (χ4n) is 2.13. The SMILES string of the molecule is Fc1cc(F)cc(Oc2ccc(OCc3ccc(Br)cc3Cl)cc2)c1. The molecule has 128 valence electrons. The molecular weight excluding hydrogens is 414 g/mol. The van der Waals surface area contributed by atoms with E-state index in [0.717, 1.165) is 28.2 Å². The first-order chi connectivity index (χ1) is 12.0. The summed E-state index contributed by atoms with van der Waals surface area (Å²) in [5.41, 5.74) is 0.862. The van der Waals surface area contributed by atoms with Crippen molar-refractivity contribution in [2.24, 2.45) is 0 Å². The van der Waals surface area contributed by atoms with Crippen molar-refractivity contribution in [2.75, 3.05) is 0 Å². The molecule has 0 N–H and O–H groups in total. The van der Waals surface area contributed by atoms with Crippen LogP contribution in [0.25, 0.3) is 0 Å². The van der Waals surface area contributed by atoms with E-state index >= 15 is 0 Å². The first-order valence-electron chi connectivity index (χ1n) is 7.30. The highest BCUT2D eigenvalue weighted by Gasteiger charge is 2.05. The lowest BCUT2D eigenvalue weighted by Crippen LogP contribution is -1.96. The predicted octanol–water partition coefficient (Wildman–Crippen LogP) is 6.75. The molecule has 3 aromatic rings. The lowest BCUT2D eigenvalue weighted by Gasteiger charge is -2.10. The molecule has 0 aliphatic rings. The molecule has 0 atom stereocenters. The number of rotatable bonds is 5. The fraction of sp³-hybridized carbons (Fsp3) is 0.0526. The minimum absolute atomic E-state index is 0.0906. The quantitative estimate of drug-likeness (QED) is 0.450. The van der Waals surface area contributed by atoms with Gasteiger partial charge in [0.05, 0.1) is 0 Å². The van der Waals surface area contributed by atoms with Crippen LogP contribution in [-0.2, 0) is 6.61 Å². The van der Waals surface area contributed by atoms with Crippen LogP contribution in [-0.4, -0.2) is 0 Å². The summed E-state index contributed by atoms with van der Waals surface area (Å²) in [4.78, 5) is 0. The summed E-state index contributed by atoms with van der Waals surface area (Å²) >= 11 is 9.50. The number of halogens is 4. The molecule has 0 heterocycles. The van der Waals surface area contributed by atoms with Crippen molar-refractivity contribution in [2.45, 2.75) is 6.61 Å². The zero-order valence-electron chi connectivity index (χ0n) is 12.8. The van der Waals surface area contributed by atoms with Gasteiger partial charge < -0.3 is 9.47 Å². The molecule has 0 saturated heterocycles. The van der Waals surface area contributed by atoms with E-state index in [9.17, 15) is 8.78 Å². The summed E-state index contributed by atoms with van der Waals surface area (Å²) in [5, 5.41) is 0.613. The molecule has 0 aliphatic heterocycles. The summed E-state index contributed by atoms with van der Waals surface area (Å²) in [5.74, 6) is -0.230. The first kappa shape index (κ1) is 17.7. The Kier molecular flexibility index (Phi) is 5.56. The Hall–Kier alpha value is -2.11. The van der Waals surface area contributed by atoms with Crippen LogP contribution in [0.3, 0.4) is 0 Å². The lowest BCUT2D eigenvalue weighted by molar-refractivity contribution is 0.306. The molecule has 3 rings (SSSR count). The maximum Gasteiger partial charge on any atom is 0.133 e. The predicted molar refractivity (Wildman–Crippen MR) is 96.4 cm³/mol. The van der Waals surface area contributed by atoms with Crippen LogP contribution < -0.4 is 9.47 Å². The van der Waals surface area contributed by atoms with Gasteiger partial charge in [0.25, 0.3) is 0 Å². The molecule has 0 saturated carbocycles. The lowest BCUT2D eigenvalue weighted by atomic mass is 10.2. The first-order valence-corrected chi connectivity index (χ1v) is 8.47. The maximum absolute atomic E-state index is 13.2. The third kappa shape index (κ3) is 4.94. The third-order valence-corrected chi connectivity index (χ3v) is 4.15. The van der Waals surface area contributed by atoms with Crippen molar-refractivity contribution in [3.8, 4) is 17.2 Å². The maximum atomic E-state index is 13.2. The Morgan fingerprint density at radius 3 is 2.08 bits per heavy atom. The van der Waals surface area contributed by atoms with Crippen LogP contribution in [0.2, 0.25) is 5.02 Å². The number of hydrogen-bond donors (Lipinski definition) is 0. The second-order valence-corrected chi connectivity index (χ2v) is 6.53. The van der Waals surface area contributed by atoms with Gasteiger partial charge in [-0.25, -0.2) is 8.78 Å². The van der Waals surface area contributed by atoms with Crippen LogP contribution in [0.1, 0.15) is 5.56 Å². The number of benzene rings is 3. The Labute approximate surface area is 157 Å². The highest BCUT2D eigenvalue weighted by Crippen LogP contribution is 2.27. The zero-order valence-corrected chi connectivity index (χ0v) is 15.2. The average Bonchev–Trinajstić information content (AvgIpc) is 2.54. The molecule has 0 amide bonds. The monoisotopic (exact) mass is 424 g/mol. The van der Waals surface area contributed by atoms with E-state index in [-0.39, 0.29) is 5.75 Å². The molecule has 0 unspecified atom stereocenters. The normalized spacial score (nSPS) is 10.6. The average molecular weight is 426 g/mol. The highest BCUT2D eigenvalue weighted by atomic mass is 79.9. The van der Waals surface area contributed by atoms with Crippen LogP contribution >= 0.6 is 27.5 Å². The van der Waals surface area contributed by atoms with Gasteiger partial charge in [-0.3, -0.25) is 0 Å². The summed E-state index contributed by atoms with van der Waals surface area (Å²) in [7, 11) is 0. The second kappa shape index (κ2) is 7.85. The minimum Gasteiger partial charge on any atom is -0.489 e. The standard InChI is InChI=1S/C19H12BrClF2O2/c20-13-2-1-12(19(21)7-13)11-24-16-3-5-17(6-4-16)25-18-9-14(22)8-15(23)10-18/h1-10H,11H2. The van der Waals surface area contributed by atoms with Crippen molar-refractivity contribution < 1.29 is 18.3 Å². The second-order valence-electron chi connectivity index (χ2n) is 5.20. The molecule has 0 bridgehead atoms. The van der Waals surface area contributed by atoms with E-state index in [1.807, 2.05) is 12.1 Å². The van der Waals surface area contributed by atoms with E-state index in [1.165, 1.54) is 0 Å². The van der Waals surface area contributed by atoms with Gasteiger partial charge in [-0.1, -0.05) is 33.6 Å². The smallest absolute Gasteiger partial charge is 0.133 e. The van der Waals surface area contributed by atoms with E-state index < -0.39 is 11.6 Å². The van der Waals surface area contributed by atoms with E-state index in [2.05, 4.69) is 15.9 Å². The Morgan fingerprint density at radius 2 is 1.44 bits per heavy atom. The van der Waals surface area contributed by atoms with Crippen molar-refractivity contribution in [3.05, 3.63) is 87.4 Å². The zero-order chi connectivity index (χ0) is 17.8. The summed E-state index contributed by atoms with van der Waals surface area (Å²) in [6.07, 6.45) is 0. The molecule has 25 heavy (non-hydrogen) atoms. The number of hydrogen-bond acceptors (Lipinski definition) is 2. The topological polar surface area (TPSA) is 18.5 Å². The molecule has 0 aromatic heterocycles. The van der Waals surface area contributed by atoms with Crippen molar-refractivity contribution in [1.82, 2.24) is 0 Å². The summed E-state index contributed by atoms with van der Waals surface area (Å²) < 4.78 is 38.3. The van der Waals surface area contributed by atoms with Crippen LogP contribution in [0, 0.1) is 11.6 Å². The van der Waals surface area contributed by atoms with Gasteiger partial charge in [-0.2, -0.15) is 0 Å². The van der Waals surface area contributed by atoms with Crippen LogP contribution in [0.15, 0.2) is 65.1 Å². The van der Waals surface area contributed by atoms with Gasteiger partial charge in [0.1, 0.15) is 35.5 Å².